The lowest BCUT2D eigenvalue weighted by atomic mass is 9.91. The van der Waals surface area contributed by atoms with Gasteiger partial charge < -0.3 is 10.1 Å². The van der Waals surface area contributed by atoms with Crippen LogP contribution >= 0.6 is 0 Å². The van der Waals surface area contributed by atoms with Gasteiger partial charge in [-0.15, -0.1) is 0 Å². The molecule has 2 heteroatoms. The Bertz CT molecular complexity index is 390. The molecule has 1 saturated heterocycles. The molecule has 2 atom stereocenters. The van der Waals surface area contributed by atoms with Crippen LogP contribution in [0.5, 0.6) is 0 Å². The van der Waals surface area contributed by atoms with Crippen molar-refractivity contribution >= 4 is 0 Å². The molecule has 1 aliphatic heterocycles. The Morgan fingerprint density at radius 3 is 2.63 bits per heavy atom. The minimum Gasteiger partial charge on any atom is -0.378 e. The van der Waals surface area contributed by atoms with Crippen molar-refractivity contribution in [3.63, 3.8) is 0 Å². The Hall–Kier alpha value is -0.860. The van der Waals surface area contributed by atoms with Gasteiger partial charge in [0, 0.05) is 19.2 Å². The maximum Gasteiger partial charge on any atom is 0.0582 e. The summed E-state index contributed by atoms with van der Waals surface area (Å²) in [7, 11) is 0. The van der Waals surface area contributed by atoms with Crippen molar-refractivity contribution < 1.29 is 4.74 Å². The van der Waals surface area contributed by atoms with Crippen LogP contribution in [0.25, 0.3) is 0 Å². The van der Waals surface area contributed by atoms with Crippen LogP contribution in [0.2, 0.25) is 0 Å². The number of hydrogen-bond donors (Lipinski definition) is 1. The molecule has 2 aliphatic rings. The van der Waals surface area contributed by atoms with Gasteiger partial charge in [0.15, 0.2) is 0 Å². The molecule has 2 unspecified atom stereocenters. The third-order valence-corrected chi connectivity index (χ3v) is 4.35. The van der Waals surface area contributed by atoms with Crippen LogP contribution in [0.1, 0.15) is 49.1 Å². The fourth-order valence-corrected chi connectivity index (χ4v) is 2.92. The van der Waals surface area contributed by atoms with E-state index in [0.717, 1.165) is 19.2 Å². The zero-order valence-electron chi connectivity index (χ0n) is 11.9. The first-order chi connectivity index (χ1) is 9.31. The fraction of sp³-hybridized carbons (Fsp3) is 0.647. The molecule has 0 bridgehead atoms. The maximum atomic E-state index is 5.82. The summed E-state index contributed by atoms with van der Waals surface area (Å²) < 4.78 is 5.82. The monoisotopic (exact) mass is 259 g/mol. The molecule has 19 heavy (non-hydrogen) atoms. The molecule has 0 radical (unpaired) electrons. The van der Waals surface area contributed by atoms with Gasteiger partial charge in [-0.25, -0.2) is 0 Å². The van der Waals surface area contributed by atoms with Crippen LogP contribution in [-0.2, 0) is 4.74 Å². The Kier molecular flexibility index (Phi) is 4.19. The molecule has 3 rings (SSSR count). The Balaban J connectivity index is 1.64. The van der Waals surface area contributed by atoms with Crippen LogP contribution < -0.4 is 5.32 Å². The number of rotatable bonds is 6. The van der Waals surface area contributed by atoms with Crippen LogP contribution in [0.4, 0.5) is 0 Å². The average molecular weight is 259 g/mol. The number of ether oxygens (including phenoxy) is 1. The van der Waals surface area contributed by atoms with Gasteiger partial charge in [-0.05, 0) is 50.5 Å². The largest absolute Gasteiger partial charge is 0.378 e. The second-order valence-electron chi connectivity index (χ2n) is 6.16. The third kappa shape index (κ3) is 3.80. The lowest BCUT2D eigenvalue weighted by molar-refractivity contribution is 0.0976. The van der Waals surface area contributed by atoms with Crippen LogP contribution in [-0.4, -0.2) is 25.3 Å². The first kappa shape index (κ1) is 13.1. The topological polar surface area (TPSA) is 21.3 Å². The van der Waals surface area contributed by atoms with E-state index in [1.165, 1.54) is 43.2 Å². The number of aryl methyl sites for hydroxylation is 1. The fourth-order valence-electron chi connectivity index (χ4n) is 2.92. The quantitative estimate of drug-likeness (QED) is 0.845. The SMILES string of the molecule is Cc1ccc(C(CNC2CC2)CC2CCCO2)cc1. The average Bonchev–Trinajstić information content (AvgIpc) is 3.11. The van der Waals surface area contributed by atoms with Crippen molar-refractivity contribution in [3.8, 4) is 0 Å². The molecule has 2 fully saturated rings. The van der Waals surface area contributed by atoms with Gasteiger partial charge in [0.25, 0.3) is 0 Å². The molecule has 0 aromatic heterocycles. The lowest BCUT2D eigenvalue weighted by Gasteiger charge is -2.21. The number of hydrogen-bond acceptors (Lipinski definition) is 2. The zero-order valence-corrected chi connectivity index (χ0v) is 11.9. The van der Waals surface area contributed by atoms with Crippen LogP contribution in [0, 0.1) is 6.92 Å². The van der Waals surface area contributed by atoms with Crippen molar-refractivity contribution in [2.75, 3.05) is 13.2 Å². The van der Waals surface area contributed by atoms with E-state index in [1.54, 1.807) is 0 Å². The van der Waals surface area contributed by atoms with E-state index in [4.69, 9.17) is 4.74 Å². The van der Waals surface area contributed by atoms with Gasteiger partial charge in [-0.2, -0.15) is 0 Å². The Labute approximate surface area is 116 Å². The standard InChI is InChI=1S/C17H25NO/c1-13-4-6-14(7-5-13)15(12-18-16-8-9-16)11-17-3-2-10-19-17/h4-7,15-18H,2-3,8-12H2,1H3. The highest BCUT2D eigenvalue weighted by molar-refractivity contribution is 5.25. The van der Waals surface area contributed by atoms with Crippen molar-refractivity contribution in [1.82, 2.24) is 5.32 Å². The van der Waals surface area contributed by atoms with E-state index < -0.39 is 0 Å². The minimum absolute atomic E-state index is 0.479. The molecule has 1 N–H and O–H groups in total. The molecule has 104 valence electrons. The van der Waals surface area contributed by atoms with E-state index >= 15 is 0 Å². The lowest BCUT2D eigenvalue weighted by Crippen LogP contribution is -2.26. The zero-order chi connectivity index (χ0) is 13.1. The first-order valence-corrected chi connectivity index (χ1v) is 7.73. The van der Waals surface area contributed by atoms with Crippen molar-refractivity contribution in [2.45, 2.75) is 57.1 Å². The van der Waals surface area contributed by atoms with Crippen LogP contribution in [0.3, 0.4) is 0 Å². The molecular weight excluding hydrogens is 234 g/mol. The van der Waals surface area contributed by atoms with Gasteiger partial charge in [0.1, 0.15) is 0 Å². The van der Waals surface area contributed by atoms with Crippen molar-refractivity contribution in [3.05, 3.63) is 35.4 Å². The second-order valence-corrected chi connectivity index (χ2v) is 6.16. The molecular formula is C17H25NO. The van der Waals surface area contributed by atoms with E-state index in [1.807, 2.05) is 0 Å². The Morgan fingerprint density at radius 1 is 1.21 bits per heavy atom. The van der Waals surface area contributed by atoms with Gasteiger partial charge >= 0.3 is 0 Å². The highest BCUT2D eigenvalue weighted by Gasteiger charge is 2.25. The molecule has 1 aromatic rings. The molecule has 1 aliphatic carbocycles. The van der Waals surface area contributed by atoms with E-state index in [-0.39, 0.29) is 0 Å². The summed E-state index contributed by atoms with van der Waals surface area (Å²) in [6.45, 7) is 4.22. The molecule has 0 spiro atoms. The van der Waals surface area contributed by atoms with Gasteiger partial charge in [-0.3, -0.25) is 0 Å². The van der Waals surface area contributed by atoms with E-state index in [0.29, 0.717) is 12.0 Å². The summed E-state index contributed by atoms with van der Waals surface area (Å²) in [4.78, 5) is 0. The molecule has 1 aromatic carbocycles. The molecule has 0 amide bonds. The predicted molar refractivity (Wildman–Crippen MR) is 78.5 cm³/mol. The summed E-state index contributed by atoms with van der Waals surface area (Å²) in [5.74, 6) is 0.601. The molecule has 1 saturated carbocycles. The Morgan fingerprint density at radius 2 is 2.00 bits per heavy atom. The predicted octanol–water partition coefficient (Wildman–Crippen LogP) is 3.40. The van der Waals surface area contributed by atoms with Gasteiger partial charge in [-0.1, -0.05) is 29.8 Å². The maximum absolute atomic E-state index is 5.82. The third-order valence-electron chi connectivity index (χ3n) is 4.35. The van der Waals surface area contributed by atoms with Gasteiger partial charge in [0.2, 0.25) is 0 Å². The van der Waals surface area contributed by atoms with Crippen LogP contribution in [0.15, 0.2) is 24.3 Å². The number of benzene rings is 1. The summed E-state index contributed by atoms with van der Waals surface area (Å²) in [5, 5.41) is 3.69. The summed E-state index contributed by atoms with van der Waals surface area (Å²) in [6.07, 6.45) is 6.85. The summed E-state index contributed by atoms with van der Waals surface area (Å²) in [6, 6.07) is 9.84. The van der Waals surface area contributed by atoms with Crippen molar-refractivity contribution in [1.29, 1.82) is 0 Å². The van der Waals surface area contributed by atoms with E-state index in [9.17, 15) is 0 Å². The smallest absolute Gasteiger partial charge is 0.0582 e. The second kappa shape index (κ2) is 6.06. The highest BCUT2D eigenvalue weighted by atomic mass is 16.5. The first-order valence-electron chi connectivity index (χ1n) is 7.73. The minimum atomic E-state index is 0.479. The van der Waals surface area contributed by atoms with E-state index in [2.05, 4.69) is 36.5 Å². The normalized spacial score (nSPS) is 24.6. The van der Waals surface area contributed by atoms with Crippen molar-refractivity contribution in [2.24, 2.45) is 0 Å². The molecule has 2 nitrogen and oxygen atoms in total. The van der Waals surface area contributed by atoms with Gasteiger partial charge in [0.05, 0.1) is 6.10 Å². The summed E-state index contributed by atoms with van der Waals surface area (Å²) >= 11 is 0. The highest BCUT2D eigenvalue weighted by Crippen LogP contribution is 2.28. The number of nitrogens with one attached hydrogen (secondary N) is 1. The summed E-state index contributed by atoms with van der Waals surface area (Å²) in [5.41, 5.74) is 2.81. The molecule has 1 heterocycles.